The zero-order valence-corrected chi connectivity index (χ0v) is 17.1. The third-order valence-corrected chi connectivity index (χ3v) is 3.61. The lowest BCUT2D eigenvalue weighted by Crippen LogP contribution is -2.43. The Labute approximate surface area is 167 Å². The lowest BCUT2D eigenvalue weighted by atomic mass is 10.1. The highest BCUT2D eigenvalue weighted by atomic mass is 127. The van der Waals surface area contributed by atoms with E-state index >= 15 is 0 Å². The first-order chi connectivity index (χ1) is 11.8. The van der Waals surface area contributed by atoms with Gasteiger partial charge in [-0.1, -0.05) is 30.3 Å². The van der Waals surface area contributed by atoms with E-state index in [0.717, 1.165) is 24.6 Å². The van der Waals surface area contributed by atoms with Crippen molar-refractivity contribution in [3.63, 3.8) is 0 Å². The molecule has 0 saturated heterocycles. The molecule has 2 rings (SSSR count). The van der Waals surface area contributed by atoms with Crippen LogP contribution < -0.4 is 15.4 Å². The molecule has 0 fully saturated rings. The molecule has 136 valence electrons. The molecule has 1 unspecified atom stereocenters. The SMILES string of the molecule is CN=C(NCCOc1cccnc1)NC(C)CCc1ccccc1.I. The number of aliphatic imine (C=N–C) groups is 1. The Hall–Kier alpha value is -1.83. The van der Waals surface area contributed by atoms with E-state index in [0.29, 0.717) is 19.2 Å². The molecule has 0 aliphatic carbocycles. The number of hydrogen-bond donors (Lipinski definition) is 2. The summed E-state index contributed by atoms with van der Waals surface area (Å²) >= 11 is 0. The normalized spacial score (nSPS) is 12.0. The Kier molecular flexibility index (Phi) is 10.6. The van der Waals surface area contributed by atoms with Crippen LogP contribution in [-0.2, 0) is 6.42 Å². The topological polar surface area (TPSA) is 58.5 Å². The molecule has 1 heterocycles. The molecule has 0 radical (unpaired) electrons. The molecular weight excluding hydrogens is 427 g/mol. The lowest BCUT2D eigenvalue weighted by molar-refractivity contribution is 0.320. The molecule has 0 bridgehead atoms. The van der Waals surface area contributed by atoms with Gasteiger partial charge >= 0.3 is 0 Å². The summed E-state index contributed by atoms with van der Waals surface area (Å²) in [5, 5.41) is 6.67. The van der Waals surface area contributed by atoms with Gasteiger partial charge in [-0.15, -0.1) is 24.0 Å². The minimum absolute atomic E-state index is 0. The number of benzene rings is 1. The molecule has 1 aromatic carbocycles. The van der Waals surface area contributed by atoms with Gasteiger partial charge in [-0.3, -0.25) is 9.98 Å². The zero-order valence-electron chi connectivity index (χ0n) is 14.8. The molecule has 2 aromatic rings. The minimum atomic E-state index is 0. The molecule has 5 nitrogen and oxygen atoms in total. The van der Waals surface area contributed by atoms with Gasteiger partial charge in [-0.2, -0.15) is 0 Å². The fourth-order valence-corrected chi connectivity index (χ4v) is 2.30. The second-order valence-corrected chi connectivity index (χ2v) is 5.61. The highest BCUT2D eigenvalue weighted by Gasteiger charge is 2.05. The van der Waals surface area contributed by atoms with Crippen LogP contribution in [0.1, 0.15) is 18.9 Å². The molecule has 0 aliphatic heterocycles. The second-order valence-electron chi connectivity index (χ2n) is 5.61. The van der Waals surface area contributed by atoms with Gasteiger partial charge in [0.1, 0.15) is 12.4 Å². The van der Waals surface area contributed by atoms with Crippen molar-refractivity contribution >= 4 is 29.9 Å². The van der Waals surface area contributed by atoms with Crippen LogP contribution in [0, 0.1) is 0 Å². The summed E-state index contributed by atoms with van der Waals surface area (Å²) in [5.74, 6) is 1.57. The number of rotatable bonds is 8. The van der Waals surface area contributed by atoms with Crippen molar-refractivity contribution in [2.75, 3.05) is 20.2 Å². The van der Waals surface area contributed by atoms with Crippen molar-refractivity contribution < 1.29 is 4.74 Å². The maximum atomic E-state index is 5.60. The molecular formula is C19H27IN4O. The van der Waals surface area contributed by atoms with Gasteiger partial charge < -0.3 is 15.4 Å². The van der Waals surface area contributed by atoms with E-state index in [1.807, 2.05) is 18.2 Å². The van der Waals surface area contributed by atoms with Crippen LogP contribution in [0.4, 0.5) is 0 Å². The fraction of sp³-hybridized carbons (Fsp3) is 0.368. The molecule has 1 aromatic heterocycles. The summed E-state index contributed by atoms with van der Waals surface area (Å²) in [6.07, 6.45) is 5.54. The number of guanidine groups is 1. The van der Waals surface area contributed by atoms with Crippen LogP contribution in [0.2, 0.25) is 0 Å². The van der Waals surface area contributed by atoms with Gasteiger partial charge in [-0.05, 0) is 37.5 Å². The maximum Gasteiger partial charge on any atom is 0.191 e. The number of pyridine rings is 1. The summed E-state index contributed by atoms with van der Waals surface area (Å²) < 4.78 is 5.60. The molecule has 2 N–H and O–H groups in total. The third kappa shape index (κ3) is 8.72. The van der Waals surface area contributed by atoms with E-state index in [4.69, 9.17) is 4.74 Å². The van der Waals surface area contributed by atoms with E-state index < -0.39 is 0 Å². The van der Waals surface area contributed by atoms with Crippen LogP contribution >= 0.6 is 24.0 Å². The number of halogens is 1. The monoisotopic (exact) mass is 454 g/mol. The molecule has 0 saturated carbocycles. The average Bonchev–Trinajstić information content (AvgIpc) is 2.64. The number of nitrogens with one attached hydrogen (secondary N) is 2. The highest BCUT2D eigenvalue weighted by Crippen LogP contribution is 2.05. The number of ether oxygens (including phenoxy) is 1. The number of aromatic nitrogens is 1. The quantitative estimate of drug-likeness (QED) is 0.278. The summed E-state index contributed by atoms with van der Waals surface area (Å²) in [4.78, 5) is 8.27. The van der Waals surface area contributed by atoms with Crippen molar-refractivity contribution in [2.45, 2.75) is 25.8 Å². The maximum absolute atomic E-state index is 5.60. The summed E-state index contributed by atoms with van der Waals surface area (Å²) in [6.45, 7) is 3.41. The zero-order chi connectivity index (χ0) is 17.0. The molecule has 0 spiro atoms. The average molecular weight is 454 g/mol. The van der Waals surface area contributed by atoms with Crippen LogP contribution in [0.15, 0.2) is 59.9 Å². The van der Waals surface area contributed by atoms with Crippen LogP contribution in [-0.4, -0.2) is 37.2 Å². The Morgan fingerprint density at radius 2 is 2.00 bits per heavy atom. The van der Waals surface area contributed by atoms with Crippen LogP contribution in [0.3, 0.4) is 0 Å². The molecule has 6 heteroatoms. The van der Waals surface area contributed by atoms with Gasteiger partial charge in [0.25, 0.3) is 0 Å². The van der Waals surface area contributed by atoms with Crippen molar-refractivity contribution in [2.24, 2.45) is 4.99 Å². The summed E-state index contributed by atoms with van der Waals surface area (Å²) in [6, 6.07) is 14.6. The van der Waals surface area contributed by atoms with E-state index in [2.05, 4.69) is 51.8 Å². The van der Waals surface area contributed by atoms with E-state index in [-0.39, 0.29) is 24.0 Å². The van der Waals surface area contributed by atoms with E-state index in [1.165, 1.54) is 5.56 Å². The molecule has 25 heavy (non-hydrogen) atoms. The van der Waals surface area contributed by atoms with Crippen molar-refractivity contribution in [3.05, 3.63) is 60.4 Å². The van der Waals surface area contributed by atoms with E-state index in [9.17, 15) is 0 Å². The van der Waals surface area contributed by atoms with Gasteiger partial charge in [0.2, 0.25) is 0 Å². The van der Waals surface area contributed by atoms with Crippen molar-refractivity contribution in [1.29, 1.82) is 0 Å². The number of nitrogens with zero attached hydrogens (tertiary/aromatic N) is 2. The third-order valence-electron chi connectivity index (χ3n) is 3.61. The van der Waals surface area contributed by atoms with E-state index in [1.54, 1.807) is 19.4 Å². The first-order valence-electron chi connectivity index (χ1n) is 8.32. The predicted octanol–water partition coefficient (Wildman–Crippen LogP) is 3.26. The minimum Gasteiger partial charge on any atom is -0.490 e. The van der Waals surface area contributed by atoms with Crippen molar-refractivity contribution in [1.82, 2.24) is 15.6 Å². The summed E-state index contributed by atoms with van der Waals surface area (Å²) in [5.41, 5.74) is 1.36. The van der Waals surface area contributed by atoms with Gasteiger partial charge in [-0.25, -0.2) is 0 Å². The van der Waals surface area contributed by atoms with Crippen molar-refractivity contribution in [3.8, 4) is 5.75 Å². The largest absolute Gasteiger partial charge is 0.490 e. The van der Waals surface area contributed by atoms with Gasteiger partial charge in [0.15, 0.2) is 5.96 Å². The van der Waals surface area contributed by atoms with Crippen LogP contribution in [0.5, 0.6) is 5.75 Å². The molecule has 0 amide bonds. The standard InChI is InChI=1S/C19H26N4O.HI/c1-16(10-11-17-7-4-3-5-8-17)23-19(20-2)22-13-14-24-18-9-6-12-21-15-18;/h3-9,12,15-16H,10-11,13-14H2,1-2H3,(H2,20,22,23);1H. The fourth-order valence-electron chi connectivity index (χ4n) is 2.30. The molecule has 1 atom stereocenters. The Balaban J connectivity index is 0.00000312. The van der Waals surface area contributed by atoms with Gasteiger partial charge in [0.05, 0.1) is 12.7 Å². The number of aryl methyl sites for hydroxylation is 1. The second kappa shape index (κ2) is 12.5. The molecule has 0 aliphatic rings. The first-order valence-corrected chi connectivity index (χ1v) is 8.32. The summed E-state index contributed by atoms with van der Waals surface area (Å²) in [7, 11) is 1.78. The predicted molar refractivity (Wildman–Crippen MR) is 114 cm³/mol. The smallest absolute Gasteiger partial charge is 0.191 e. The highest BCUT2D eigenvalue weighted by molar-refractivity contribution is 14.0. The van der Waals surface area contributed by atoms with Crippen LogP contribution in [0.25, 0.3) is 0 Å². The Morgan fingerprint density at radius 3 is 2.68 bits per heavy atom. The number of hydrogen-bond acceptors (Lipinski definition) is 3. The Morgan fingerprint density at radius 1 is 1.20 bits per heavy atom. The van der Waals surface area contributed by atoms with Gasteiger partial charge in [0, 0.05) is 19.3 Å². The first kappa shape index (κ1) is 21.2. The Bertz CT molecular complexity index is 607. The lowest BCUT2D eigenvalue weighted by Gasteiger charge is -2.18.